The molecular formula is C22H29FN4S. The van der Waals surface area contributed by atoms with Crippen LogP contribution in [0.4, 0.5) is 4.39 Å². The van der Waals surface area contributed by atoms with Gasteiger partial charge in [0.15, 0.2) is 5.96 Å². The van der Waals surface area contributed by atoms with Crippen molar-refractivity contribution in [1.82, 2.24) is 15.5 Å². The van der Waals surface area contributed by atoms with Gasteiger partial charge in [-0.15, -0.1) is 0 Å². The molecule has 2 aromatic rings. The summed E-state index contributed by atoms with van der Waals surface area (Å²) >= 11 is 1.77. The Morgan fingerprint density at radius 2 is 2.11 bits per heavy atom. The third-order valence-corrected chi connectivity index (χ3v) is 6.76. The molecule has 0 unspecified atom stereocenters. The average molecular weight is 401 g/mol. The third kappa shape index (κ3) is 4.73. The Bertz CT molecular complexity index is 793. The molecule has 2 N–H and O–H groups in total. The highest BCUT2D eigenvalue weighted by Gasteiger charge is 2.44. The van der Waals surface area contributed by atoms with Crippen LogP contribution in [0.2, 0.25) is 0 Å². The Morgan fingerprint density at radius 1 is 1.29 bits per heavy atom. The van der Waals surface area contributed by atoms with Crippen LogP contribution in [0, 0.1) is 5.82 Å². The number of piperidine rings is 1. The Labute approximate surface area is 170 Å². The van der Waals surface area contributed by atoms with Crippen molar-refractivity contribution in [2.24, 2.45) is 4.99 Å². The lowest BCUT2D eigenvalue weighted by atomic mass is 9.96. The van der Waals surface area contributed by atoms with Crippen LogP contribution in [0.25, 0.3) is 0 Å². The molecule has 2 aliphatic rings. The standard InChI is InChI=1S/C22H29FN4S/c1-24-21(25-16-22(8-9-22)18-3-2-4-19(23)13-18)26-20-5-10-27(11-6-20)14-17-7-12-28-15-17/h2-4,7,12-13,15,20H,5-6,8-11,14,16H2,1H3,(H2,24,25,26). The second-order valence-corrected chi connectivity index (χ2v) is 8.82. The zero-order valence-electron chi connectivity index (χ0n) is 16.5. The number of hydrogen-bond acceptors (Lipinski definition) is 3. The van der Waals surface area contributed by atoms with E-state index in [1.807, 2.05) is 19.2 Å². The highest BCUT2D eigenvalue weighted by Crippen LogP contribution is 2.47. The van der Waals surface area contributed by atoms with E-state index in [2.05, 4.69) is 37.4 Å². The van der Waals surface area contributed by atoms with Crippen molar-refractivity contribution in [2.75, 3.05) is 26.7 Å². The van der Waals surface area contributed by atoms with Crippen LogP contribution in [0.15, 0.2) is 46.1 Å². The van der Waals surface area contributed by atoms with Crippen LogP contribution < -0.4 is 10.6 Å². The van der Waals surface area contributed by atoms with Crippen molar-refractivity contribution in [3.8, 4) is 0 Å². The van der Waals surface area contributed by atoms with E-state index < -0.39 is 0 Å². The summed E-state index contributed by atoms with van der Waals surface area (Å²) in [7, 11) is 1.82. The van der Waals surface area contributed by atoms with Gasteiger partial charge in [0.05, 0.1) is 0 Å². The van der Waals surface area contributed by atoms with Crippen molar-refractivity contribution >= 4 is 17.3 Å². The number of guanidine groups is 1. The van der Waals surface area contributed by atoms with Crippen LogP contribution in [-0.4, -0.2) is 43.6 Å². The second-order valence-electron chi connectivity index (χ2n) is 8.04. The number of likely N-dealkylation sites (tertiary alicyclic amines) is 1. The first-order chi connectivity index (χ1) is 13.7. The third-order valence-electron chi connectivity index (χ3n) is 6.02. The molecule has 2 fully saturated rings. The Hall–Kier alpha value is -1.92. The molecule has 6 heteroatoms. The molecule has 28 heavy (non-hydrogen) atoms. The molecule has 2 heterocycles. The van der Waals surface area contributed by atoms with E-state index in [9.17, 15) is 4.39 Å². The van der Waals surface area contributed by atoms with E-state index in [1.165, 1.54) is 11.6 Å². The van der Waals surface area contributed by atoms with Gasteiger partial charge >= 0.3 is 0 Å². The summed E-state index contributed by atoms with van der Waals surface area (Å²) in [5, 5.41) is 11.5. The predicted octanol–water partition coefficient (Wildman–Crippen LogP) is 3.75. The molecule has 1 aliphatic heterocycles. The number of aliphatic imine (C=N–C) groups is 1. The van der Waals surface area contributed by atoms with Crippen LogP contribution in [0.3, 0.4) is 0 Å². The molecule has 0 radical (unpaired) electrons. The van der Waals surface area contributed by atoms with Gasteiger partial charge < -0.3 is 10.6 Å². The monoisotopic (exact) mass is 400 g/mol. The lowest BCUT2D eigenvalue weighted by molar-refractivity contribution is 0.198. The van der Waals surface area contributed by atoms with Crippen LogP contribution in [-0.2, 0) is 12.0 Å². The SMILES string of the molecule is CN=C(NCC1(c2cccc(F)c2)CC1)NC1CCN(Cc2ccsc2)CC1. The summed E-state index contributed by atoms with van der Waals surface area (Å²) in [6.07, 6.45) is 4.45. The zero-order valence-corrected chi connectivity index (χ0v) is 17.3. The molecule has 1 aromatic carbocycles. The van der Waals surface area contributed by atoms with Crippen molar-refractivity contribution in [1.29, 1.82) is 0 Å². The number of halogens is 1. The van der Waals surface area contributed by atoms with Gasteiger partial charge in [0.25, 0.3) is 0 Å². The largest absolute Gasteiger partial charge is 0.356 e. The first-order valence-corrected chi connectivity index (χ1v) is 11.1. The number of nitrogens with one attached hydrogen (secondary N) is 2. The van der Waals surface area contributed by atoms with Crippen LogP contribution >= 0.6 is 11.3 Å². The molecule has 1 saturated carbocycles. The van der Waals surface area contributed by atoms with Crippen LogP contribution in [0.1, 0.15) is 36.8 Å². The number of rotatable bonds is 6. The summed E-state index contributed by atoms with van der Waals surface area (Å²) in [5.41, 5.74) is 2.57. The topological polar surface area (TPSA) is 39.7 Å². The summed E-state index contributed by atoms with van der Waals surface area (Å²) in [6.45, 7) is 4.07. The number of nitrogens with zero attached hydrogens (tertiary/aromatic N) is 2. The van der Waals surface area contributed by atoms with E-state index in [1.54, 1.807) is 17.4 Å². The van der Waals surface area contributed by atoms with Gasteiger partial charge in [-0.05, 0) is 65.8 Å². The van der Waals surface area contributed by atoms with Gasteiger partial charge in [-0.2, -0.15) is 11.3 Å². The average Bonchev–Trinajstić information content (AvgIpc) is 3.34. The Kier molecular flexibility index (Phi) is 5.97. The van der Waals surface area contributed by atoms with Crippen molar-refractivity contribution in [3.63, 3.8) is 0 Å². The van der Waals surface area contributed by atoms with E-state index in [0.29, 0.717) is 6.04 Å². The van der Waals surface area contributed by atoms with E-state index in [-0.39, 0.29) is 11.2 Å². The van der Waals surface area contributed by atoms with Crippen LogP contribution in [0.5, 0.6) is 0 Å². The minimum atomic E-state index is -0.152. The molecule has 0 atom stereocenters. The Balaban J connectivity index is 1.24. The first kappa shape index (κ1) is 19.4. The lowest BCUT2D eigenvalue weighted by Gasteiger charge is -2.33. The molecule has 4 rings (SSSR count). The van der Waals surface area contributed by atoms with Crippen molar-refractivity contribution < 1.29 is 4.39 Å². The summed E-state index contributed by atoms with van der Waals surface area (Å²) < 4.78 is 13.6. The molecular weight excluding hydrogens is 371 g/mol. The molecule has 4 nitrogen and oxygen atoms in total. The normalized spacial score (nSPS) is 20.1. The summed E-state index contributed by atoms with van der Waals surface area (Å²) in [5.74, 6) is 0.708. The number of hydrogen-bond donors (Lipinski definition) is 2. The number of benzene rings is 1. The number of thiophene rings is 1. The van der Waals surface area contributed by atoms with Crippen molar-refractivity contribution in [3.05, 3.63) is 58.0 Å². The quantitative estimate of drug-likeness (QED) is 0.573. The molecule has 0 spiro atoms. The lowest BCUT2D eigenvalue weighted by Crippen LogP contribution is -2.49. The van der Waals surface area contributed by atoms with E-state index in [4.69, 9.17) is 0 Å². The van der Waals surface area contributed by atoms with Gasteiger partial charge in [0.1, 0.15) is 5.82 Å². The molecule has 1 aromatic heterocycles. The summed E-state index contributed by atoms with van der Waals surface area (Å²) in [4.78, 5) is 6.94. The minimum absolute atomic E-state index is 0.0591. The Morgan fingerprint density at radius 3 is 2.75 bits per heavy atom. The molecule has 0 amide bonds. The molecule has 1 saturated heterocycles. The maximum atomic E-state index is 13.6. The molecule has 0 bridgehead atoms. The molecule has 150 valence electrons. The summed E-state index contributed by atoms with van der Waals surface area (Å²) in [6, 6.07) is 9.70. The maximum absolute atomic E-state index is 13.6. The highest BCUT2D eigenvalue weighted by molar-refractivity contribution is 7.07. The fourth-order valence-corrected chi connectivity index (χ4v) is 4.71. The maximum Gasteiger partial charge on any atom is 0.191 e. The first-order valence-electron chi connectivity index (χ1n) is 10.1. The fraction of sp³-hybridized carbons (Fsp3) is 0.500. The van der Waals surface area contributed by atoms with Gasteiger partial charge in [-0.25, -0.2) is 4.39 Å². The minimum Gasteiger partial charge on any atom is -0.356 e. The smallest absolute Gasteiger partial charge is 0.191 e. The predicted molar refractivity (Wildman–Crippen MR) is 114 cm³/mol. The second kappa shape index (κ2) is 8.62. The van der Waals surface area contributed by atoms with E-state index >= 15 is 0 Å². The highest BCUT2D eigenvalue weighted by atomic mass is 32.1. The van der Waals surface area contributed by atoms with Gasteiger partial charge in [-0.3, -0.25) is 9.89 Å². The van der Waals surface area contributed by atoms with Gasteiger partial charge in [-0.1, -0.05) is 12.1 Å². The fourth-order valence-electron chi connectivity index (χ4n) is 4.05. The molecule has 1 aliphatic carbocycles. The zero-order chi connectivity index (χ0) is 19.4. The van der Waals surface area contributed by atoms with Gasteiger partial charge in [0.2, 0.25) is 0 Å². The van der Waals surface area contributed by atoms with Crippen molar-refractivity contribution in [2.45, 2.75) is 43.7 Å². The van der Waals surface area contributed by atoms with Gasteiger partial charge in [0, 0.05) is 44.7 Å². The van der Waals surface area contributed by atoms with E-state index in [0.717, 1.165) is 63.4 Å².